The van der Waals surface area contributed by atoms with Gasteiger partial charge in [0.05, 0.1) is 11.6 Å². The molecule has 7 nitrogen and oxygen atoms in total. The van der Waals surface area contributed by atoms with E-state index in [9.17, 15) is 5.11 Å². The Kier molecular flexibility index (Phi) is 7.13. The fourth-order valence-electron chi connectivity index (χ4n) is 4.19. The van der Waals surface area contributed by atoms with Crippen LogP contribution in [-0.4, -0.2) is 37.1 Å². The van der Waals surface area contributed by atoms with Gasteiger partial charge in [0.2, 0.25) is 6.79 Å². The summed E-state index contributed by atoms with van der Waals surface area (Å²) < 4.78 is 23.0. The van der Waals surface area contributed by atoms with Crippen LogP contribution in [0.15, 0.2) is 65.3 Å². The predicted octanol–water partition coefficient (Wildman–Crippen LogP) is 5.11. The molecule has 4 aromatic rings. The summed E-state index contributed by atoms with van der Waals surface area (Å²) in [5.74, 6) is 2.46. The van der Waals surface area contributed by atoms with Crippen LogP contribution in [0.4, 0.5) is 0 Å². The SMILES string of the molecule is COc1cc(CNCCc2c[nH]c3ccccc23)cc(Br)c1OCC(O)c1ccc2c(c1)OCO2. The predicted molar refractivity (Wildman–Crippen MR) is 137 cm³/mol. The van der Waals surface area contributed by atoms with Crippen molar-refractivity contribution in [1.82, 2.24) is 10.3 Å². The number of halogens is 1. The van der Waals surface area contributed by atoms with E-state index in [4.69, 9.17) is 18.9 Å². The minimum absolute atomic E-state index is 0.0663. The molecular formula is C27H27BrN2O5. The van der Waals surface area contributed by atoms with E-state index in [2.05, 4.69) is 50.6 Å². The quantitative estimate of drug-likeness (QED) is 0.243. The summed E-state index contributed by atoms with van der Waals surface area (Å²) in [5.41, 5.74) is 4.23. The summed E-state index contributed by atoms with van der Waals surface area (Å²) in [6.45, 7) is 1.80. The summed E-state index contributed by atoms with van der Waals surface area (Å²) in [6, 6.07) is 17.7. The number of methoxy groups -OCH3 is 1. The minimum Gasteiger partial charge on any atom is -0.493 e. The van der Waals surface area contributed by atoms with E-state index >= 15 is 0 Å². The first kappa shape index (κ1) is 23.5. The van der Waals surface area contributed by atoms with Gasteiger partial charge in [0.15, 0.2) is 23.0 Å². The van der Waals surface area contributed by atoms with E-state index in [0.29, 0.717) is 35.1 Å². The minimum atomic E-state index is -0.827. The Hall–Kier alpha value is -3.20. The van der Waals surface area contributed by atoms with E-state index in [1.165, 1.54) is 10.9 Å². The number of aliphatic hydroxyl groups is 1. The van der Waals surface area contributed by atoms with Gasteiger partial charge in [-0.25, -0.2) is 0 Å². The number of aromatic nitrogens is 1. The van der Waals surface area contributed by atoms with Crippen molar-refractivity contribution in [3.63, 3.8) is 0 Å². The number of para-hydroxylation sites is 1. The highest BCUT2D eigenvalue weighted by molar-refractivity contribution is 9.10. The molecule has 0 spiro atoms. The van der Waals surface area contributed by atoms with Crippen LogP contribution < -0.4 is 24.3 Å². The van der Waals surface area contributed by atoms with Crippen molar-refractivity contribution >= 4 is 26.8 Å². The number of H-pyrrole nitrogens is 1. The first-order chi connectivity index (χ1) is 17.1. The van der Waals surface area contributed by atoms with E-state index in [-0.39, 0.29) is 13.4 Å². The van der Waals surface area contributed by atoms with E-state index in [1.54, 1.807) is 25.3 Å². The first-order valence-electron chi connectivity index (χ1n) is 11.4. The van der Waals surface area contributed by atoms with Gasteiger partial charge in [-0.15, -0.1) is 0 Å². The number of ether oxygens (including phenoxy) is 4. The fraction of sp³-hybridized carbons (Fsp3) is 0.259. The maximum Gasteiger partial charge on any atom is 0.231 e. The Balaban J connectivity index is 1.17. The van der Waals surface area contributed by atoms with Crippen LogP contribution in [0.2, 0.25) is 0 Å². The lowest BCUT2D eigenvalue weighted by Crippen LogP contribution is -2.17. The molecule has 2 heterocycles. The average molecular weight is 539 g/mol. The van der Waals surface area contributed by atoms with Gasteiger partial charge in [0.25, 0.3) is 0 Å². The third-order valence-corrected chi connectivity index (χ3v) is 6.62. The van der Waals surface area contributed by atoms with Crippen molar-refractivity contribution in [1.29, 1.82) is 0 Å². The van der Waals surface area contributed by atoms with Gasteiger partial charge in [0.1, 0.15) is 12.7 Å². The Morgan fingerprint density at radius 1 is 1.11 bits per heavy atom. The molecule has 1 unspecified atom stereocenters. The topological polar surface area (TPSA) is 85.0 Å². The molecule has 3 aromatic carbocycles. The van der Waals surface area contributed by atoms with Crippen LogP contribution in [0.1, 0.15) is 22.8 Å². The number of hydrogen-bond donors (Lipinski definition) is 3. The maximum atomic E-state index is 10.6. The first-order valence-corrected chi connectivity index (χ1v) is 12.2. The van der Waals surface area contributed by atoms with Crippen LogP contribution in [0.5, 0.6) is 23.0 Å². The summed E-state index contributed by atoms with van der Waals surface area (Å²) in [6.07, 6.45) is 2.18. The molecule has 0 saturated carbocycles. The van der Waals surface area contributed by atoms with Gasteiger partial charge in [-0.1, -0.05) is 24.3 Å². The second-order valence-corrected chi connectivity index (χ2v) is 9.19. The van der Waals surface area contributed by atoms with E-state index in [0.717, 1.165) is 28.5 Å². The van der Waals surface area contributed by atoms with Crippen LogP contribution in [0, 0.1) is 0 Å². The number of aromatic amines is 1. The highest BCUT2D eigenvalue weighted by Crippen LogP contribution is 2.38. The smallest absolute Gasteiger partial charge is 0.231 e. The van der Waals surface area contributed by atoms with Gasteiger partial charge < -0.3 is 34.4 Å². The molecule has 0 amide bonds. The van der Waals surface area contributed by atoms with Crippen molar-refractivity contribution < 1.29 is 24.1 Å². The lowest BCUT2D eigenvalue weighted by molar-refractivity contribution is 0.105. The molecule has 0 fully saturated rings. The second-order valence-electron chi connectivity index (χ2n) is 8.33. The monoisotopic (exact) mass is 538 g/mol. The van der Waals surface area contributed by atoms with Crippen molar-refractivity contribution in [3.8, 4) is 23.0 Å². The van der Waals surface area contributed by atoms with Crippen LogP contribution in [0.25, 0.3) is 10.9 Å². The zero-order valence-electron chi connectivity index (χ0n) is 19.3. The Morgan fingerprint density at radius 2 is 1.97 bits per heavy atom. The molecular weight excluding hydrogens is 512 g/mol. The highest BCUT2D eigenvalue weighted by Gasteiger charge is 2.19. The van der Waals surface area contributed by atoms with Gasteiger partial charge in [-0.05, 0) is 75.9 Å². The molecule has 0 aliphatic carbocycles. The number of aliphatic hydroxyl groups excluding tert-OH is 1. The summed E-state index contributed by atoms with van der Waals surface area (Å²) in [4.78, 5) is 3.32. The maximum absolute atomic E-state index is 10.6. The lowest BCUT2D eigenvalue weighted by atomic mass is 10.1. The molecule has 182 valence electrons. The number of nitrogens with one attached hydrogen (secondary N) is 2. The zero-order valence-corrected chi connectivity index (χ0v) is 20.9. The number of benzene rings is 3. The largest absolute Gasteiger partial charge is 0.493 e. The highest BCUT2D eigenvalue weighted by atomic mass is 79.9. The molecule has 35 heavy (non-hydrogen) atoms. The molecule has 0 bridgehead atoms. The number of fused-ring (bicyclic) bond motifs is 2. The van der Waals surface area contributed by atoms with E-state index < -0.39 is 6.10 Å². The fourth-order valence-corrected chi connectivity index (χ4v) is 4.79. The average Bonchev–Trinajstić information content (AvgIpc) is 3.52. The third kappa shape index (κ3) is 5.24. The molecule has 8 heteroatoms. The Morgan fingerprint density at radius 3 is 2.86 bits per heavy atom. The normalized spacial score (nSPS) is 13.2. The van der Waals surface area contributed by atoms with Crippen molar-refractivity contribution in [2.24, 2.45) is 0 Å². The van der Waals surface area contributed by atoms with Crippen molar-refractivity contribution in [3.05, 3.63) is 82.0 Å². The molecule has 0 saturated heterocycles. The summed E-state index contributed by atoms with van der Waals surface area (Å²) in [5, 5.41) is 15.4. The number of rotatable bonds is 10. The molecule has 0 radical (unpaired) electrons. The molecule has 1 aliphatic rings. The molecule has 1 aliphatic heterocycles. The van der Waals surface area contributed by atoms with Gasteiger partial charge >= 0.3 is 0 Å². The van der Waals surface area contributed by atoms with Crippen LogP contribution >= 0.6 is 15.9 Å². The molecule has 3 N–H and O–H groups in total. The zero-order chi connectivity index (χ0) is 24.2. The van der Waals surface area contributed by atoms with Crippen molar-refractivity contribution in [2.45, 2.75) is 19.1 Å². The van der Waals surface area contributed by atoms with Crippen LogP contribution in [0.3, 0.4) is 0 Å². The Labute approximate surface area is 212 Å². The van der Waals surface area contributed by atoms with Gasteiger partial charge in [-0.2, -0.15) is 0 Å². The second kappa shape index (κ2) is 10.6. The van der Waals surface area contributed by atoms with Crippen LogP contribution in [-0.2, 0) is 13.0 Å². The van der Waals surface area contributed by atoms with Gasteiger partial charge in [0, 0.05) is 23.6 Å². The number of hydrogen-bond acceptors (Lipinski definition) is 6. The van der Waals surface area contributed by atoms with E-state index in [1.807, 2.05) is 18.2 Å². The Bertz CT molecular complexity index is 1320. The molecule has 1 aromatic heterocycles. The van der Waals surface area contributed by atoms with Crippen molar-refractivity contribution in [2.75, 3.05) is 27.1 Å². The molecule has 1 atom stereocenters. The standard InChI is InChI=1S/C27H27BrN2O5/c1-32-26-11-17(13-29-9-8-19-14-30-22-5-3-2-4-20(19)22)10-21(28)27(26)33-15-23(31)18-6-7-24-25(12-18)35-16-34-24/h2-7,10-12,14,23,29-31H,8-9,13,15-16H2,1H3. The summed E-state index contributed by atoms with van der Waals surface area (Å²) >= 11 is 3.60. The molecule has 5 rings (SSSR count). The summed E-state index contributed by atoms with van der Waals surface area (Å²) in [7, 11) is 1.61. The lowest BCUT2D eigenvalue weighted by Gasteiger charge is -2.17. The third-order valence-electron chi connectivity index (χ3n) is 6.03. The van der Waals surface area contributed by atoms with Gasteiger partial charge in [-0.3, -0.25) is 0 Å².